The summed E-state index contributed by atoms with van der Waals surface area (Å²) in [6.07, 6.45) is -2.50. The number of aromatic nitrogens is 2. The van der Waals surface area contributed by atoms with Gasteiger partial charge in [-0.3, -0.25) is 9.36 Å². The molecule has 4 aromatic rings. The Morgan fingerprint density at radius 3 is 2.21 bits per heavy atom. The maximum absolute atomic E-state index is 13.0. The molecule has 0 fully saturated rings. The van der Waals surface area contributed by atoms with Gasteiger partial charge in [0.15, 0.2) is 5.82 Å². The van der Waals surface area contributed by atoms with Crippen molar-refractivity contribution in [2.24, 2.45) is 0 Å². The molecule has 0 unspecified atom stereocenters. The molecule has 2 N–H and O–H groups in total. The van der Waals surface area contributed by atoms with Crippen molar-refractivity contribution in [1.29, 1.82) is 0 Å². The number of sulfonamides is 1. The van der Waals surface area contributed by atoms with E-state index in [0.717, 1.165) is 18.2 Å². The van der Waals surface area contributed by atoms with Gasteiger partial charge in [0, 0.05) is 25.5 Å². The average Bonchev–Trinajstić information content (AvgIpc) is 3.36. The van der Waals surface area contributed by atoms with Crippen molar-refractivity contribution in [2.45, 2.75) is 24.2 Å². The molecule has 0 saturated heterocycles. The molecule has 0 radical (unpaired) electrons. The van der Waals surface area contributed by atoms with Crippen LogP contribution in [0.25, 0.3) is 5.82 Å². The largest absolute Gasteiger partial charge is 0.417 e. The molecule has 2 aromatic heterocycles. The molecule has 38 heavy (non-hydrogen) atoms. The van der Waals surface area contributed by atoms with Gasteiger partial charge in [-0.2, -0.15) is 13.2 Å². The first-order valence-electron chi connectivity index (χ1n) is 11.0. The third-order valence-electron chi connectivity index (χ3n) is 5.42. The van der Waals surface area contributed by atoms with E-state index < -0.39 is 33.5 Å². The summed E-state index contributed by atoms with van der Waals surface area (Å²) in [6.45, 7) is 0.126. The van der Waals surface area contributed by atoms with E-state index >= 15 is 0 Å². The number of halogens is 5. The SMILES string of the molecule is O=C(NCc1ccc(CNS(=O)(=O)c2ccc(F)cc2)cc1)c1cccn1-c1ncc(C(F)(F)F)cc1Cl. The molecular weight excluding hydrogens is 548 g/mol. The standard InChI is InChI=1S/C25H19ClF4N4O3S/c26-21-12-18(25(28,29)30)15-31-23(21)34-11-1-2-22(34)24(35)32-13-16-3-5-17(6-4-16)14-33-38(36,37)20-9-7-19(27)8-10-20/h1-12,15,33H,13-14H2,(H,32,35). The van der Waals surface area contributed by atoms with Gasteiger partial charge in [0.1, 0.15) is 11.5 Å². The zero-order chi connectivity index (χ0) is 27.5. The van der Waals surface area contributed by atoms with Gasteiger partial charge in [0.25, 0.3) is 5.91 Å². The number of hydrogen-bond donors (Lipinski definition) is 2. The fourth-order valence-corrected chi connectivity index (χ4v) is 4.71. The molecule has 2 heterocycles. The van der Waals surface area contributed by atoms with Crippen LogP contribution >= 0.6 is 11.6 Å². The second kappa shape index (κ2) is 10.9. The maximum atomic E-state index is 13.0. The summed E-state index contributed by atoms with van der Waals surface area (Å²) in [4.78, 5) is 16.5. The molecule has 0 spiro atoms. The number of benzene rings is 2. The summed E-state index contributed by atoms with van der Waals surface area (Å²) < 4.78 is 80.1. The Bertz CT molecular complexity index is 1550. The van der Waals surface area contributed by atoms with Crippen molar-refractivity contribution in [1.82, 2.24) is 19.6 Å². The minimum absolute atomic E-state index is 0.000746. The van der Waals surface area contributed by atoms with Crippen molar-refractivity contribution < 1.29 is 30.8 Å². The van der Waals surface area contributed by atoms with Crippen LogP contribution in [0.2, 0.25) is 5.02 Å². The van der Waals surface area contributed by atoms with E-state index in [-0.39, 0.29) is 34.5 Å². The number of amides is 1. The van der Waals surface area contributed by atoms with Crippen molar-refractivity contribution in [2.75, 3.05) is 0 Å². The number of nitrogens with zero attached hydrogens (tertiary/aromatic N) is 2. The minimum Gasteiger partial charge on any atom is -0.347 e. The van der Waals surface area contributed by atoms with E-state index in [1.165, 1.54) is 35.0 Å². The average molecular weight is 567 g/mol. The molecule has 0 aliphatic carbocycles. The molecule has 0 atom stereocenters. The monoisotopic (exact) mass is 566 g/mol. The predicted octanol–water partition coefficient (Wildman–Crippen LogP) is 5.09. The lowest BCUT2D eigenvalue weighted by atomic mass is 10.1. The third kappa shape index (κ3) is 6.39. The van der Waals surface area contributed by atoms with Crippen LogP contribution in [-0.4, -0.2) is 23.9 Å². The van der Waals surface area contributed by atoms with Crippen LogP contribution in [-0.2, 0) is 29.3 Å². The zero-order valence-corrected chi connectivity index (χ0v) is 20.9. The van der Waals surface area contributed by atoms with Crippen LogP contribution in [0.3, 0.4) is 0 Å². The molecule has 198 valence electrons. The Morgan fingerprint density at radius 2 is 1.61 bits per heavy atom. The summed E-state index contributed by atoms with van der Waals surface area (Å²) in [5.74, 6) is -1.08. The predicted molar refractivity (Wildman–Crippen MR) is 132 cm³/mol. The summed E-state index contributed by atoms with van der Waals surface area (Å²) in [5.41, 5.74) is 0.483. The van der Waals surface area contributed by atoms with Crippen LogP contribution in [0, 0.1) is 5.82 Å². The molecule has 2 aromatic carbocycles. The molecule has 0 bridgehead atoms. The topological polar surface area (TPSA) is 93.1 Å². The Labute approximate surface area is 220 Å². The van der Waals surface area contributed by atoms with Gasteiger partial charge in [-0.1, -0.05) is 35.9 Å². The van der Waals surface area contributed by atoms with Gasteiger partial charge >= 0.3 is 6.18 Å². The summed E-state index contributed by atoms with van der Waals surface area (Å²) in [7, 11) is -3.82. The first kappa shape index (κ1) is 27.3. The van der Waals surface area contributed by atoms with Gasteiger partial charge in [-0.25, -0.2) is 22.5 Å². The second-order valence-corrected chi connectivity index (χ2v) is 10.2. The van der Waals surface area contributed by atoms with Gasteiger partial charge < -0.3 is 5.32 Å². The zero-order valence-electron chi connectivity index (χ0n) is 19.3. The first-order valence-corrected chi connectivity index (χ1v) is 12.8. The van der Waals surface area contributed by atoms with E-state index in [4.69, 9.17) is 11.6 Å². The van der Waals surface area contributed by atoms with E-state index in [0.29, 0.717) is 17.3 Å². The van der Waals surface area contributed by atoms with Crippen LogP contribution in [0.5, 0.6) is 0 Å². The smallest absolute Gasteiger partial charge is 0.347 e. The van der Waals surface area contributed by atoms with Gasteiger partial charge in [0.2, 0.25) is 10.0 Å². The van der Waals surface area contributed by atoms with E-state index in [9.17, 15) is 30.8 Å². The van der Waals surface area contributed by atoms with Crippen LogP contribution < -0.4 is 10.0 Å². The van der Waals surface area contributed by atoms with Crippen LogP contribution in [0.1, 0.15) is 27.2 Å². The highest BCUT2D eigenvalue weighted by molar-refractivity contribution is 7.89. The van der Waals surface area contributed by atoms with Crippen molar-refractivity contribution in [3.05, 3.63) is 112 Å². The molecule has 0 aliphatic heterocycles. The minimum atomic E-state index is -4.60. The molecule has 0 aliphatic rings. The number of hydrogen-bond acceptors (Lipinski definition) is 4. The van der Waals surface area contributed by atoms with Crippen LogP contribution in [0.4, 0.5) is 17.6 Å². The third-order valence-corrected chi connectivity index (χ3v) is 7.12. The van der Waals surface area contributed by atoms with Gasteiger partial charge in [0.05, 0.1) is 15.5 Å². The Balaban J connectivity index is 1.37. The first-order chi connectivity index (χ1) is 17.9. The van der Waals surface area contributed by atoms with Crippen molar-refractivity contribution in [3.63, 3.8) is 0 Å². The number of rotatable bonds is 8. The maximum Gasteiger partial charge on any atom is 0.417 e. The van der Waals surface area contributed by atoms with E-state index in [1.807, 2.05) is 0 Å². The Kier molecular flexibility index (Phi) is 7.86. The van der Waals surface area contributed by atoms with E-state index in [2.05, 4.69) is 15.0 Å². The van der Waals surface area contributed by atoms with Gasteiger partial charge in [-0.15, -0.1) is 0 Å². The normalized spacial score (nSPS) is 11.9. The van der Waals surface area contributed by atoms with Crippen LogP contribution in [0.15, 0.2) is 84.0 Å². The number of alkyl halides is 3. The molecule has 13 heteroatoms. The van der Waals surface area contributed by atoms with E-state index in [1.54, 1.807) is 24.3 Å². The molecular formula is C25H19ClF4N4O3S. The fraction of sp³-hybridized carbons (Fsp3) is 0.120. The Morgan fingerprint density at radius 1 is 0.974 bits per heavy atom. The second-order valence-electron chi connectivity index (χ2n) is 8.07. The molecule has 1 amide bonds. The molecule has 0 saturated carbocycles. The van der Waals surface area contributed by atoms with Crippen molar-refractivity contribution >= 4 is 27.5 Å². The highest BCUT2D eigenvalue weighted by Gasteiger charge is 2.32. The van der Waals surface area contributed by atoms with Gasteiger partial charge in [-0.05, 0) is 53.6 Å². The lowest BCUT2D eigenvalue weighted by Crippen LogP contribution is -2.25. The summed E-state index contributed by atoms with van der Waals surface area (Å²) in [5, 5.41) is 2.45. The quantitative estimate of drug-likeness (QED) is 0.291. The Hall–Kier alpha value is -3.74. The molecule has 7 nitrogen and oxygen atoms in total. The number of carbonyl (C=O) groups excluding carboxylic acids is 1. The lowest BCUT2D eigenvalue weighted by molar-refractivity contribution is -0.137. The summed E-state index contributed by atoms with van der Waals surface area (Å²) >= 11 is 6.01. The number of carbonyl (C=O) groups is 1. The number of nitrogens with one attached hydrogen (secondary N) is 2. The molecule has 4 rings (SSSR count). The number of pyridine rings is 1. The highest BCUT2D eigenvalue weighted by Crippen LogP contribution is 2.32. The lowest BCUT2D eigenvalue weighted by Gasteiger charge is -2.13. The highest BCUT2D eigenvalue weighted by atomic mass is 35.5. The van der Waals surface area contributed by atoms with Crippen molar-refractivity contribution in [3.8, 4) is 5.82 Å². The summed E-state index contributed by atoms with van der Waals surface area (Å²) in [6, 6.07) is 15.0. The fourth-order valence-electron chi connectivity index (χ4n) is 3.44.